The summed E-state index contributed by atoms with van der Waals surface area (Å²) in [5.41, 5.74) is 22.9. The maximum atomic E-state index is 8.41. The van der Waals surface area contributed by atoms with Gasteiger partial charge >= 0.3 is 0 Å². The van der Waals surface area contributed by atoms with E-state index in [1.807, 2.05) is 36.4 Å². The van der Waals surface area contributed by atoms with E-state index in [-0.39, 0.29) is 11.9 Å². The van der Waals surface area contributed by atoms with E-state index < -0.39 is 0 Å². The number of benzene rings is 2. The molecule has 8 nitrogen and oxygen atoms in total. The van der Waals surface area contributed by atoms with Gasteiger partial charge in [0.15, 0.2) is 5.82 Å². The topological polar surface area (TPSA) is 139 Å². The van der Waals surface area contributed by atoms with Crippen molar-refractivity contribution >= 4 is 17.6 Å². The number of nitrogens with two attached hydrogens (primary N) is 2. The van der Waals surface area contributed by atoms with Gasteiger partial charge in [0.05, 0.1) is 0 Å². The molecule has 0 saturated carbocycles. The monoisotopic (exact) mass is 304 g/mol. The number of azide groups is 1. The standard InChI is InChI=1S/C15H12N8/c16-14-19-13(20-15(17)21-14)11-3-1-9(2-4-11)10-5-7-12(8-6-10)22-23-18/h1-8H,(H4,16,17,19,20,21). The van der Waals surface area contributed by atoms with Gasteiger partial charge in [-0.2, -0.15) is 15.0 Å². The first-order valence-electron chi connectivity index (χ1n) is 6.69. The zero-order valence-electron chi connectivity index (χ0n) is 12.0. The summed E-state index contributed by atoms with van der Waals surface area (Å²) in [4.78, 5) is 14.6. The van der Waals surface area contributed by atoms with Gasteiger partial charge in [-0.3, -0.25) is 0 Å². The van der Waals surface area contributed by atoms with Crippen molar-refractivity contribution in [3.05, 3.63) is 59.0 Å². The Kier molecular flexibility index (Phi) is 3.73. The van der Waals surface area contributed by atoms with Gasteiger partial charge in [0.25, 0.3) is 0 Å². The van der Waals surface area contributed by atoms with Crippen molar-refractivity contribution in [2.24, 2.45) is 5.11 Å². The number of anilines is 2. The molecular weight excluding hydrogens is 292 g/mol. The van der Waals surface area contributed by atoms with Crippen molar-refractivity contribution in [1.29, 1.82) is 0 Å². The van der Waals surface area contributed by atoms with Crippen molar-refractivity contribution in [1.82, 2.24) is 15.0 Å². The van der Waals surface area contributed by atoms with Gasteiger partial charge in [0.2, 0.25) is 11.9 Å². The summed E-state index contributed by atoms with van der Waals surface area (Å²) < 4.78 is 0. The molecule has 4 N–H and O–H groups in total. The van der Waals surface area contributed by atoms with Crippen molar-refractivity contribution in [2.45, 2.75) is 0 Å². The van der Waals surface area contributed by atoms with Crippen LogP contribution in [0.3, 0.4) is 0 Å². The number of nitrogens with zero attached hydrogens (tertiary/aromatic N) is 6. The fourth-order valence-electron chi connectivity index (χ4n) is 2.12. The lowest BCUT2D eigenvalue weighted by atomic mass is 10.0. The van der Waals surface area contributed by atoms with Crippen molar-refractivity contribution in [3.8, 4) is 22.5 Å². The Hall–Kier alpha value is -3.64. The maximum Gasteiger partial charge on any atom is 0.225 e. The van der Waals surface area contributed by atoms with Gasteiger partial charge in [0, 0.05) is 16.2 Å². The molecule has 0 radical (unpaired) electrons. The third-order valence-electron chi connectivity index (χ3n) is 3.17. The zero-order chi connectivity index (χ0) is 16.2. The molecule has 1 heterocycles. The molecule has 1 aromatic heterocycles. The number of rotatable bonds is 3. The lowest BCUT2D eigenvalue weighted by Crippen LogP contribution is -2.04. The van der Waals surface area contributed by atoms with Gasteiger partial charge in [-0.05, 0) is 16.7 Å². The van der Waals surface area contributed by atoms with Crippen molar-refractivity contribution in [2.75, 3.05) is 11.5 Å². The quantitative estimate of drug-likeness (QED) is 0.434. The molecule has 112 valence electrons. The van der Waals surface area contributed by atoms with Crippen LogP contribution < -0.4 is 11.5 Å². The van der Waals surface area contributed by atoms with Crippen LogP contribution in [-0.4, -0.2) is 15.0 Å². The third-order valence-corrected chi connectivity index (χ3v) is 3.17. The Morgan fingerprint density at radius 1 is 0.739 bits per heavy atom. The molecule has 0 atom stereocenters. The van der Waals surface area contributed by atoms with Crippen LogP contribution in [0.5, 0.6) is 0 Å². The van der Waals surface area contributed by atoms with Crippen molar-refractivity contribution < 1.29 is 0 Å². The van der Waals surface area contributed by atoms with E-state index in [0.717, 1.165) is 16.7 Å². The van der Waals surface area contributed by atoms with Gasteiger partial charge < -0.3 is 11.5 Å². The van der Waals surface area contributed by atoms with E-state index >= 15 is 0 Å². The Bertz CT molecular complexity index is 860. The van der Waals surface area contributed by atoms with Crippen LogP contribution in [0.15, 0.2) is 53.6 Å². The predicted octanol–water partition coefficient (Wildman–Crippen LogP) is 3.31. The summed E-state index contributed by atoms with van der Waals surface area (Å²) in [5.74, 6) is 0.607. The van der Waals surface area contributed by atoms with E-state index in [1.165, 1.54) is 0 Å². The van der Waals surface area contributed by atoms with Crippen molar-refractivity contribution in [3.63, 3.8) is 0 Å². The lowest BCUT2D eigenvalue weighted by Gasteiger charge is -2.05. The predicted molar refractivity (Wildman–Crippen MR) is 88.3 cm³/mol. The van der Waals surface area contributed by atoms with Crippen LogP contribution >= 0.6 is 0 Å². The molecule has 0 bridgehead atoms. The SMILES string of the molecule is [N-]=[N+]=Nc1ccc(-c2ccc(-c3nc(N)nc(N)n3)cc2)cc1. The van der Waals surface area contributed by atoms with E-state index in [9.17, 15) is 0 Å². The zero-order valence-corrected chi connectivity index (χ0v) is 12.0. The Labute approximate surface area is 131 Å². The van der Waals surface area contributed by atoms with Gasteiger partial charge in [-0.15, -0.1) is 0 Å². The molecule has 0 aliphatic heterocycles. The average molecular weight is 304 g/mol. The van der Waals surface area contributed by atoms with Crippen LogP contribution in [-0.2, 0) is 0 Å². The van der Waals surface area contributed by atoms with E-state index in [0.29, 0.717) is 11.5 Å². The second-order valence-electron chi connectivity index (χ2n) is 4.69. The minimum atomic E-state index is 0.0882. The highest BCUT2D eigenvalue weighted by atomic mass is 15.1. The van der Waals surface area contributed by atoms with E-state index in [4.69, 9.17) is 17.0 Å². The molecule has 0 aliphatic carbocycles. The second kappa shape index (κ2) is 6.00. The number of nitrogen functional groups attached to an aromatic ring is 2. The molecule has 8 heteroatoms. The molecule has 23 heavy (non-hydrogen) atoms. The fraction of sp³-hybridized carbons (Fsp3) is 0. The second-order valence-corrected chi connectivity index (χ2v) is 4.69. The Morgan fingerprint density at radius 2 is 1.22 bits per heavy atom. The lowest BCUT2D eigenvalue weighted by molar-refractivity contribution is 1.09. The minimum absolute atomic E-state index is 0.0882. The molecule has 3 aromatic rings. The summed E-state index contributed by atoms with van der Waals surface area (Å²) in [7, 11) is 0. The van der Waals surface area contributed by atoms with E-state index in [1.54, 1.807) is 12.1 Å². The first kappa shape index (κ1) is 14.3. The van der Waals surface area contributed by atoms with Gasteiger partial charge in [-0.25, -0.2) is 0 Å². The molecule has 0 aliphatic rings. The van der Waals surface area contributed by atoms with Gasteiger partial charge in [-0.1, -0.05) is 53.6 Å². The highest BCUT2D eigenvalue weighted by molar-refractivity contribution is 5.69. The molecule has 0 spiro atoms. The van der Waals surface area contributed by atoms with Crippen LogP contribution in [0.2, 0.25) is 0 Å². The van der Waals surface area contributed by atoms with Crippen LogP contribution in [0, 0.1) is 0 Å². The molecule has 0 unspecified atom stereocenters. The van der Waals surface area contributed by atoms with Crippen LogP contribution in [0.4, 0.5) is 17.6 Å². The largest absolute Gasteiger partial charge is 0.368 e. The molecule has 0 fully saturated rings. The average Bonchev–Trinajstić information content (AvgIpc) is 2.55. The summed E-state index contributed by atoms with van der Waals surface area (Å²) in [6, 6.07) is 14.9. The first-order chi connectivity index (χ1) is 11.2. The first-order valence-corrected chi connectivity index (χ1v) is 6.69. The Morgan fingerprint density at radius 3 is 1.74 bits per heavy atom. The Balaban J connectivity index is 1.91. The minimum Gasteiger partial charge on any atom is -0.368 e. The number of aromatic nitrogens is 3. The molecule has 3 rings (SSSR count). The molecular formula is C15H12N8. The fourth-order valence-corrected chi connectivity index (χ4v) is 2.12. The number of hydrogen-bond acceptors (Lipinski definition) is 6. The van der Waals surface area contributed by atoms with E-state index in [2.05, 4.69) is 25.0 Å². The highest BCUT2D eigenvalue weighted by Crippen LogP contribution is 2.25. The third kappa shape index (κ3) is 3.17. The molecule has 0 amide bonds. The summed E-state index contributed by atoms with van der Waals surface area (Å²) in [6.07, 6.45) is 0. The summed E-state index contributed by atoms with van der Waals surface area (Å²) in [5, 5.41) is 3.55. The van der Waals surface area contributed by atoms with Crippen LogP contribution in [0.25, 0.3) is 33.0 Å². The molecule has 0 saturated heterocycles. The maximum absolute atomic E-state index is 8.41. The van der Waals surface area contributed by atoms with Gasteiger partial charge in [0.1, 0.15) is 0 Å². The summed E-state index contributed by atoms with van der Waals surface area (Å²) >= 11 is 0. The highest BCUT2D eigenvalue weighted by Gasteiger charge is 2.05. The smallest absolute Gasteiger partial charge is 0.225 e. The van der Waals surface area contributed by atoms with Crippen LogP contribution in [0.1, 0.15) is 0 Å². The summed E-state index contributed by atoms with van der Waals surface area (Å²) in [6.45, 7) is 0. The number of hydrogen-bond donors (Lipinski definition) is 2. The normalized spacial score (nSPS) is 10.1. The molecule has 2 aromatic carbocycles.